The van der Waals surface area contributed by atoms with Gasteiger partial charge in [-0.1, -0.05) is 11.6 Å². The van der Waals surface area contributed by atoms with Gasteiger partial charge in [-0.25, -0.2) is 18.4 Å². The number of hydrogen-bond donors (Lipinski definition) is 1. The number of nitrogens with zero attached hydrogens (tertiary/aromatic N) is 3. The van der Waals surface area contributed by atoms with Crippen LogP contribution in [0.25, 0.3) is 0 Å². The maximum absolute atomic E-state index is 12.7. The van der Waals surface area contributed by atoms with Gasteiger partial charge < -0.3 is 14.4 Å². The summed E-state index contributed by atoms with van der Waals surface area (Å²) < 4.78 is 39.2. The average molecular weight is 453 g/mol. The number of pyridine rings is 1. The molecule has 1 N–H and O–H groups in total. The second-order valence-corrected chi connectivity index (χ2v) is 9.30. The highest BCUT2D eigenvalue weighted by molar-refractivity contribution is 7.93. The zero-order valence-electron chi connectivity index (χ0n) is 15.5. The van der Waals surface area contributed by atoms with Crippen molar-refractivity contribution in [2.24, 2.45) is 0 Å². The third-order valence-corrected chi connectivity index (χ3v) is 6.59. The molecule has 0 spiro atoms. The second-order valence-electron chi connectivity index (χ2n) is 6.29. The predicted octanol–water partition coefficient (Wildman–Crippen LogP) is 3.92. The van der Waals surface area contributed by atoms with E-state index in [9.17, 15) is 8.42 Å². The van der Waals surface area contributed by atoms with Gasteiger partial charge in [-0.15, -0.1) is 11.3 Å². The largest absolute Gasteiger partial charge is 0.493 e. The number of aromatic nitrogens is 2. The highest BCUT2D eigenvalue weighted by atomic mass is 35.5. The lowest BCUT2D eigenvalue weighted by atomic mass is 10.2. The fourth-order valence-corrected chi connectivity index (χ4v) is 4.95. The molecule has 3 heterocycles. The standard InChI is InChI=1S/C18H17ClN4O4S2/c1-11-10-23(17-16(26-2)7-12(19)9-21-17)14-4-3-13(8-15(14)27-11)29(24,25)22-18-20-5-6-28-18/h3-9,11H,10H2,1-2H3,(H,20,22). The first-order valence-electron chi connectivity index (χ1n) is 8.57. The van der Waals surface area contributed by atoms with Crippen LogP contribution in [0.5, 0.6) is 11.5 Å². The molecule has 11 heteroatoms. The van der Waals surface area contributed by atoms with Gasteiger partial charge in [-0.05, 0) is 19.1 Å². The summed E-state index contributed by atoms with van der Waals surface area (Å²) in [6.45, 7) is 2.41. The summed E-state index contributed by atoms with van der Waals surface area (Å²) in [4.78, 5) is 10.4. The van der Waals surface area contributed by atoms with E-state index in [1.165, 1.54) is 35.9 Å². The molecule has 152 valence electrons. The lowest BCUT2D eigenvalue weighted by Crippen LogP contribution is -2.36. The van der Waals surface area contributed by atoms with Crippen LogP contribution < -0.4 is 19.1 Å². The Morgan fingerprint density at radius 3 is 2.90 bits per heavy atom. The molecule has 1 aromatic carbocycles. The molecule has 0 aliphatic carbocycles. The summed E-state index contributed by atoms with van der Waals surface area (Å²) in [5.74, 6) is 1.52. The van der Waals surface area contributed by atoms with Gasteiger partial charge >= 0.3 is 0 Å². The minimum Gasteiger partial charge on any atom is -0.493 e. The molecular weight excluding hydrogens is 436 g/mol. The number of nitrogens with one attached hydrogen (secondary N) is 1. The fourth-order valence-electron chi connectivity index (χ4n) is 3.00. The van der Waals surface area contributed by atoms with Crippen LogP contribution in [0.15, 0.2) is 46.9 Å². The summed E-state index contributed by atoms with van der Waals surface area (Å²) in [7, 11) is -2.25. The number of thiazole rings is 1. The third kappa shape index (κ3) is 3.96. The molecule has 3 aromatic rings. The van der Waals surface area contributed by atoms with E-state index in [0.29, 0.717) is 39.7 Å². The van der Waals surface area contributed by atoms with Crippen molar-refractivity contribution in [3.8, 4) is 11.5 Å². The van der Waals surface area contributed by atoms with Gasteiger partial charge in [0.1, 0.15) is 11.9 Å². The number of anilines is 3. The van der Waals surface area contributed by atoms with Gasteiger partial charge in [0.05, 0.1) is 29.3 Å². The maximum Gasteiger partial charge on any atom is 0.263 e. The number of ether oxygens (including phenoxy) is 2. The van der Waals surface area contributed by atoms with Crippen LogP contribution in [0.1, 0.15) is 6.92 Å². The molecular formula is C18H17ClN4O4S2. The smallest absolute Gasteiger partial charge is 0.263 e. The monoisotopic (exact) mass is 452 g/mol. The molecule has 1 aliphatic rings. The van der Waals surface area contributed by atoms with Crippen LogP contribution in [0.3, 0.4) is 0 Å². The van der Waals surface area contributed by atoms with E-state index < -0.39 is 10.0 Å². The molecule has 1 aliphatic heterocycles. The minimum atomic E-state index is -3.79. The lowest BCUT2D eigenvalue weighted by Gasteiger charge is -2.35. The Kier molecular flexibility index (Phi) is 5.24. The zero-order valence-corrected chi connectivity index (χ0v) is 17.9. The summed E-state index contributed by atoms with van der Waals surface area (Å²) in [5, 5.41) is 2.45. The lowest BCUT2D eigenvalue weighted by molar-refractivity contribution is 0.216. The van der Waals surface area contributed by atoms with Crippen LogP contribution in [0, 0.1) is 0 Å². The molecule has 29 heavy (non-hydrogen) atoms. The van der Waals surface area contributed by atoms with Crippen molar-refractivity contribution in [2.75, 3.05) is 23.3 Å². The van der Waals surface area contributed by atoms with Crippen molar-refractivity contribution < 1.29 is 17.9 Å². The zero-order chi connectivity index (χ0) is 20.6. The number of methoxy groups -OCH3 is 1. The molecule has 0 bridgehead atoms. The summed E-state index contributed by atoms with van der Waals surface area (Å²) >= 11 is 7.23. The predicted molar refractivity (Wildman–Crippen MR) is 112 cm³/mol. The van der Waals surface area contributed by atoms with E-state index in [0.717, 1.165) is 0 Å². The van der Waals surface area contributed by atoms with Crippen molar-refractivity contribution in [3.63, 3.8) is 0 Å². The fraction of sp³-hybridized carbons (Fsp3) is 0.222. The molecule has 0 saturated carbocycles. The van der Waals surface area contributed by atoms with Crippen molar-refractivity contribution in [3.05, 3.63) is 47.1 Å². The number of benzene rings is 1. The molecule has 0 fully saturated rings. The number of rotatable bonds is 5. The topological polar surface area (TPSA) is 93.7 Å². The van der Waals surface area contributed by atoms with Gasteiger partial charge in [-0.3, -0.25) is 4.72 Å². The molecule has 0 amide bonds. The van der Waals surface area contributed by atoms with E-state index in [1.54, 1.807) is 24.6 Å². The Balaban J connectivity index is 1.74. The summed E-state index contributed by atoms with van der Waals surface area (Å²) in [5.41, 5.74) is 0.685. The first-order chi connectivity index (χ1) is 13.9. The van der Waals surface area contributed by atoms with Gasteiger partial charge in [0.15, 0.2) is 16.7 Å². The summed E-state index contributed by atoms with van der Waals surface area (Å²) in [6, 6.07) is 6.38. The minimum absolute atomic E-state index is 0.0801. The highest BCUT2D eigenvalue weighted by Crippen LogP contribution is 2.42. The Bertz CT molecular complexity index is 1140. The van der Waals surface area contributed by atoms with Crippen molar-refractivity contribution in [1.29, 1.82) is 0 Å². The van der Waals surface area contributed by atoms with Gasteiger partial charge in [0.2, 0.25) is 0 Å². The number of sulfonamides is 1. The second kappa shape index (κ2) is 7.69. The third-order valence-electron chi connectivity index (χ3n) is 4.23. The maximum atomic E-state index is 12.7. The molecule has 2 aromatic heterocycles. The van der Waals surface area contributed by atoms with Crippen molar-refractivity contribution in [2.45, 2.75) is 17.9 Å². The molecule has 4 rings (SSSR count). The molecule has 1 atom stereocenters. The van der Waals surface area contributed by atoms with E-state index in [1.807, 2.05) is 11.8 Å². The Labute approximate surface area is 177 Å². The number of fused-ring (bicyclic) bond motifs is 1. The molecule has 8 nitrogen and oxygen atoms in total. The van der Waals surface area contributed by atoms with Gasteiger partial charge in [0, 0.05) is 29.9 Å². The Hall–Kier alpha value is -2.56. The van der Waals surface area contributed by atoms with Gasteiger partial charge in [-0.2, -0.15) is 0 Å². The van der Waals surface area contributed by atoms with E-state index in [4.69, 9.17) is 21.1 Å². The average Bonchev–Trinajstić information content (AvgIpc) is 3.19. The first-order valence-corrected chi connectivity index (χ1v) is 11.3. The molecule has 0 saturated heterocycles. The molecule has 1 unspecified atom stereocenters. The van der Waals surface area contributed by atoms with E-state index in [-0.39, 0.29) is 11.0 Å². The van der Waals surface area contributed by atoms with Crippen LogP contribution >= 0.6 is 22.9 Å². The van der Waals surface area contributed by atoms with E-state index >= 15 is 0 Å². The summed E-state index contributed by atoms with van der Waals surface area (Å²) in [6.07, 6.45) is 2.87. The normalized spacial score (nSPS) is 16.1. The SMILES string of the molecule is COc1cc(Cl)cnc1N1CC(C)Oc2cc(S(=O)(=O)Nc3nccs3)ccc21. The van der Waals surface area contributed by atoms with Crippen LogP contribution in [0.4, 0.5) is 16.6 Å². The Morgan fingerprint density at radius 2 is 2.17 bits per heavy atom. The van der Waals surface area contributed by atoms with Crippen LogP contribution in [-0.4, -0.2) is 38.1 Å². The number of hydrogen-bond acceptors (Lipinski definition) is 8. The highest BCUT2D eigenvalue weighted by Gasteiger charge is 2.29. The van der Waals surface area contributed by atoms with Crippen molar-refractivity contribution in [1.82, 2.24) is 9.97 Å². The Morgan fingerprint density at radius 1 is 1.34 bits per heavy atom. The molecule has 0 radical (unpaired) electrons. The van der Waals surface area contributed by atoms with Crippen LogP contribution in [0.2, 0.25) is 5.02 Å². The van der Waals surface area contributed by atoms with Gasteiger partial charge in [0.25, 0.3) is 10.0 Å². The van der Waals surface area contributed by atoms with E-state index in [2.05, 4.69) is 14.7 Å². The quantitative estimate of drug-likeness (QED) is 0.627. The van der Waals surface area contributed by atoms with Crippen molar-refractivity contribution >= 4 is 49.6 Å². The number of halogens is 1. The van der Waals surface area contributed by atoms with Crippen LogP contribution in [-0.2, 0) is 10.0 Å². The first kappa shape index (κ1) is 19.7.